The van der Waals surface area contributed by atoms with E-state index >= 15 is 0 Å². The lowest BCUT2D eigenvalue weighted by Gasteiger charge is -1.94. The fraction of sp³-hybridized carbons (Fsp3) is 0.400. The smallest absolute Gasteiger partial charge is 0.273 e. The molecule has 0 amide bonds. The van der Waals surface area contributed by atoms with Gasteiger partial charge in [0.2, 0.25) is 0 Å². The maximum atomic E-state index is 10.0. The van der Waals surface area contributed by atoms with Crippen LogP contribution in [0.5, 0.6) is 5.75 Å². The summed E-state index contributed by atoms with van der Waals surface area (Å²) in [5, 5.41) is 37.9. The molecular formula is C10H16N2O5. The highest BCUT2D eigenvalue weighted by molar-refractivity contribution is 5.36. The third-order valence-electron chi connectivity index (χ3n) is 1.62. The minimum Gasteiger partial charge on any atom is -0.508 e. The van der Waals surface area contributed by atoms with Crippen LogP contribution >= 0.6 is 0 Å². The molecule has 0 fully saturated rings. The Morgan fingerprint density at radius 1 is 1.24 bits per heavy atom. The number of hydrogen-bond acceptors (Lipinski definition) is 6. The van der Waals surface area contributed by atoms with Gasteiger partial charge in [-0.05, 0) is 6.07 Å². The molecule has 96 valence electrons. The van der Waals surface area contributed by atoms with Crippen molar-refractivity contribution in [3.05, 3.63) is 34.4 Å². The van der Waals surface area contributed by atoms with Gasteiger partial charge < -0.3 is 20.6 Å². The average Bonchev–Trinajstić information content (AvgIpc) is 2.30. The molecule has 7 nitrogen and oxygen atoms in total. The highest BCUT2D eigenvalue weighted by atomic mass is 16.6. The van der Waals surface area contributed by atoms with Crippen LogP contribution in [0.25, 0.3) is 0 Å². The van der Waals surface area contributed by atoms with Gasteiger partial charge in [-0.2, -0.15) is 0 Å². The number of nitro groups is 1. The fourth-order valence-corrected chi connectivity index (χ4v) is 0.890. The second-order valence-electron chi connectivity index (χ2n) is 2.97. The zero-order valence-corrected chi connectivity index (χ0v) is 9.24. The Balaban J connectivity index is 0.000000325. The first kappa shape index (κ1) is 15.3. The number of phenols is 1. The lowest BCUT2D eigenvalue weighted by atomic mass is 10.3. The fourth-order valence-electron chi connectivity index (χ4n) is 0.890. The van der Waals surface area contributed by atoms with Gasteiger partial charge in [-0.3, -0.25) is 10.1 Å². The van der Waals surface area contributed by atoms with Crippen molar-refractivity contribution in [1.82, 2.24) is 5.32 Å². The van der Waals surface area contributed by atoms with Gasteiger partial charge in [-0.25, -0.2) is 0 Å². The summed E-state index contributed by atoms with van der Waals surface area (Å²) < 4.78 is 0. The molecule has 0 bridgehead atoms. The van der Waals surface area contributed by atoms with Gasteiger partial charge in [0.15, 0.2) is 0 Å². The molecule has 0 aromatic heterocycles. The summed E-state index contributed by atoms with van der Waals surface area (Å²) in [4.78, 5) is 9.49. The molecule has 0 unspecified atom stereocenters. The maximum absolute atomic E-state index is 10.0. The lowest BCUT2D eigenvalue weighted by molar-refractivity contribution is -0.384. The largest absolute Gasteiger partial charge is 0.508 e. The van der Waals surface area contributed by atoms with Gasteiger partial charge in [0.25, 0.3) is 5.69 Å². The van der Waals surface area contributed by atoms with Gasteiger partial charge in [-0.1, -0.05) is 6.07 Å². The number of benzene rings is 1. The molecule has 1 aromatic carbocycles. The number of aromatic hydroxyl groups is 1. The minimum absolute atomic E-state index is 0.0887. The van der Waals surface area contributed by atoms with E-state index in [4.69, 9.17) is 15.3 Å². The quantitative estimate of drug-likeness (QED) is 0.325. The summed E-state index contributed by atoms with van der Waals surface area (Å²) in [6.07, 6.45) is 0. The van der Waals surface area contributed by atoms with Crippen molar-refractivity contribution < 1.29 is 20.2 Å². The third kappa shape index (κ3) is 8.14. The van der Waals surface area contributed by atoms with Crippen LogP contribution < -0.4 is 5.32 Å². The molecule has 4 N–H and O–H groups in total. The van der Waals surface area contributed by atoms with E-state index in [1.807, 2.05) is 0 Å². The number of aliphatic hydroxyl groups is 2. The van der Waals surface area contributed by atoms with E-state index in [2.05, 4.69) is 5.32 Å². The van der Waals surface area contributed by atoms with Crippen molar-refractivity contribution in [3.8, 4) is 5.75 Å². The van der Waals surface area contributed by atoms with Gasteiger partial charge in [-0.15, -0.1) is 0 Å². The molecule has 1 aromatic rings. The van der Waals surface area contributed by atoms with Crippen molar-refractivity contribution in [2.75, 3.05) is 26.3 Å². The summed E-state index contributed by atoms with van der Waals surface area (Å²) in [6.45, 7) is 1.42. The second kappa shape index (κ2) is 9.52. The number of non-ortho nitro benzene ring substituents is 1. The van der Waals surface area contributed by atoms with E-state index < -0.39 is 4.92 Å². The summed E-state index contributed by atoms with van der Waals surface area (Å²) in [6, 6.07) is 5.22. The van der Waals surface area contributed by atoms with Crippen molar-refractivity contribution in [2.45, 2.75) is 0 Å². The van der Waals surface area contributed by atoms with Gasteiger partial charge in [0, 0.05) is 19.2 Å². The Bertz CT molecular complexity index is 328. The number of phenolic OH excluding ortho intramolecular Hbond substituents is 1. The predicted molar refractivity (Wildman–Crippen MR) is 61.8 cm³/mol. The first-order chi connectivity index (χ1) is 8.11. The predicted octanol–water partition coefficient (Wildman–Crippen LogP) is -0.139. The normalized spacial score (nSPS) is 9.29. The molecule has 0 atom stereocenters. The Hall–Kier alpha value is -1.70. The molecule has 0 heterocycles. The van der Waals surface area contributed by atoms with Crippen LogP contribution in [0.15, 0.2) is 24.3 Å². The van der Waals surface area contributed by atoms with Gasteiger partial charge in [0.1, 0.15) is 5.75 Å². The van der Waals surface area contributed by atoms with Crippen molar-refractivity contribution in [3.63, 3.8) is 0 Å². The van der Waals surface area contributed by atoms with Crippen LogP contribution in [-0.2, 0) is 0 Å². The van der Waals surface area contributed by atoms with Crippen molar-refractivity contribution in [1.29, 1.82) is 0 Å². The van der Waals surface area contributed by atoms with Crippen molar-refractivity contribution >= 4 is 5.69 Å². The topological polar surface area (TPSA) is 116 Å². The van der Waals surface area contributed by atoms with Crippen LogP contribution in [0, 0.1) is 10.1 Å². The van der Waals surface area contributed by atoms with Crippen LogP contribution in [0.1, 0.15) is 0 Å². The highest BCUT2D eigenvalue weighted by Gasteiger charge is 2.03. The summed E-state index contributed by atoms with van der Waals surface area (Å²) in [7, 11) is 0. The zero-order chi connectivity index (χ0) is 13.1. The molecule has 0 aliphatic heterocycles. The molecule has 17 heavy (non-hydrogen) atoms. The first-order valence-corrected chi connectivity index (χ1v) is 4.97. The van der Waals surface area contributed by atoms with E-state index in [1.165, 1.54) is 18.2 Å². The second-order valence-corrected chi connectivity index (χ2v) is 2.97. The molecule has 0 aliphatic carbocycles. The van der Waals surface area contributed by atoms with Crippen LogP contribution in [-0.4, -0.2) is 46.5 Å². The molecule has 0 saturated heterocycles. The van der Waals surface area contributed by atoms with E-state index in [0.717, 1.165) is 6.07 Å². The van der Waals surface area contributed by atoms with E-state index in [-0.39, 0.29) is 24.7 Å². The Morgan fingerprint density at radius 3 is 2.18 bits per heavy atom. The summed E-state index contributed by atoms with van der Waals surface area (Å²) >= 11 is 0. The van der Waals surface area contributed by atoms with Crippen LogP contribution in [0.3, 0.4) is 0 Å². The molecule has 0 saturated carbocycles. The number of nitrogens with zero attached hydrogens (tertiary/aromatic N) is 1. The van der Waals surface area contributed by atoms with E-state index in [1.54, 1.807) is 0 Å². The van der Waals surface area contributed by atoms with Crippen LogP contribution in [0.2, 0.25) is 0 Å². The molecule has 0 spiro atoms. The van der Waals surface area contributed by atoms with Gasteiger partial charge in [0.05, 0.1) is 24.2 Å². The van der Waals surface area contributed by atoms with Crippen LogP contribution in [0.4, 0.5) is 5.69 Å². The number of aliphatic hydroxyl groups excluding tert-OH is 2. The van der Waals surface area contributed by atoms with E-state index in [0.29, 0.717) is 13.1 Å². The monoisotopic (exact) mass is 244 g/mol. The zero-order valence-electron chi connectivity index (χ0n) is 9.24. The molecule has 0 aliphatic rings. The maximum Gasteiger partial charge on any atom is 0.273 e. The number of rotatable bonds is 5. The lowest BCUT2D eigenvalue weighted by Crippen LogP contribution is -2.21. The van der Waals surface area contributed by atoms with Crippen molar-refractivity contribution in [2.24, 2.45) is 0 Å². The molecule has 7 heteroatoms. The Morgan fingerprint density at radius 2 is 1.82 bits per heavy atom. The molecule has 0 radical (unpaired) electrons. The number of nitrogens with one attached hydrogen (secondary N) is 1. The first-order valence-electron chi connectivity index (χ1n) is 4.97. The Labute approximate surface area is 98.5 Å². The molecule has 1 rings (SSSR count). The Kier molecular flexibility index (Phi) is 8.57. The molecular weight excluding hydrogens is 228 g/mol. The summed E-state index contributed by atoms with van der Waals surface area (Å²) in [5.41, 5.74) is -0.0972. The average molecular weight is 244 g/mol. The van der Waals surface area contributed by atoms with E-state index in [9.17, 15) is 10.1 Å². The third-order valence-corrected chi connectivity index (χ3v) is 1.62. The number of hydrogen-bond donors (Lipinski definition) is 4. The SMILES string of the molecule is O=[N+]([O-])c1cccc(O)c1.OCCNCCO. The minimum atomic E-state index is -0.556. The standard InChI is InChI=1S/C6H5NO3.C4H11NO2/c8-6-3-1-2-5(4-6)7(9)10;6-3-1-5-2-4-7/h1-4,8H;5-7H,1-4H2. The number of nitro benzene ring substituents is 1. The summed E-state index contributed by atoms with van der Waals surface area (Å²) in [5.74, 6) is -0.0887. The highest BCUT2D eigenvalue weighted by Crippen LogP contribution is 2.16. The van der Waals surface area contributed by atoms with Gasteiger partial charge >= 0.3 is 0 Å².